The van der Waals surface area contributed by atoms with Gasteiger partial charge in [0.05, 0.1) is 20.3 Å². The zero-order chi connectivity index (χ0) is 24.9. The van der Waals surface area contributed by atoms with Crippen LogP contribution in [0.15, 0.2) is 72.8 Å². The van der Waals surface area contributed by atoms with E-state index in [1.54, 1.807) is 14.2 Å². The van der Waals surface area contributed by atoms with Crippen LogP contribution in [-0.2, 0) is 18.4 Å². The summed E-state index contributed by atoms with van der Waals surface area (Å²) in [6, 6.07) is 26.3. The second-order valence-corrected chi connectivity index (χ2v) is 11.0. The summed E-state index contributed by atoms with van der Waals surface area (Å²) in [5.74, 6) is 3.33. The second kappa shape index (κ2) is 9.24. The molecule has 0 saturated heterocycles. The van der Waals surface area contributed by atoms with E-state index in [2.05, 4.69) is 84.6 Å². The summed E-state index contributed by atoms with van der Waals surface area (Å²) >= 11 is 0. The lowest BCUT2D eigenvalue weighted by Crippen LogP contribution is -2.39. The predicted octanol–water partition coefficient (Wildman–Crippen LogP) is 5.78. The van der Waals surface area contributed by atoms with Crippen molar-refractivity contribution in [3.05, 3.63) is 95.1 Å². The Bertz CT molecular complexity index is 1210. The molecule has 0 aromatic heterocycles. The van der Waals surface area contributed by atoms with Crippen molar-refractivity contribution < 1.29 is 14.6 Å². The highest BCUT2D eigenvalue weighted by Crippen LogP contribution is 2.70. The quantitative estimate of drug-likeness (QED) is 0.441. The van der Waals surface area contributed by atoms with Crippen LogP contribution in [0.4, 0.5) is 0 Å². The van der Waals surface area contributed by atoms with E-state index in [1.807, 2.05) is 0 Å². The van der Waals surface area contributed by atoms with E-state index in [0.29, 0.717) is 30.2 Å². The van der Waals surface area contributed by atoms with Crippen molar-refractivity contribution in [2.24, 2.45) is 17.8 Å². The molecular formula is C32H37NO3. The summed E-state index contributed by atoms with van der Waals surface area (Å²) < 4.78 is 11.2. The number of aliphatic hydroxyl groups excluding tert-OH is 1. The van der Waals surface area contributed by atoms with Gasteiger partial charge in [0.1, 0.15) is 0 Å². The fraction of sp³-hybridized carbons (Fsp3) is 0.438. The Hall–Kier alpha value is -2.82. The van der Waals surface area contributed by atoms with Crippen LogP contribution in [-0.4, -0.2) is 36.9 Å². The highest BCUT2D eigenvalue weighted by atomic mass is 16.5. The van der Waals surface area contributed by atoms with Crippen molar-refractivity contribution >= 4 is 0 Å². The molecule has 0 unspecified atom stereocenters. The second-order valence-electron chi connectivity index (χ2n) is 11.0. The van der Waals surface area contributed by atoms with Crippen LogP contribution in [0.3, 0.4) is 0 Å². The summed E-state index contributed by atoms with van der Waals surface area (Å²) in [4.78, 5) is 2.65. The van der Waals surface area contributed by atoms with Gasteiger partial charge in [0.25, 0.3) is 0 Å². The highest BCUT2D eigenvalue weighted by molar-refractivity contribution is 5.55. The van der Waals surface area contributed by atoms with Gasteiger partial charge in [0.2, 0.25) is 0 Å². The first-order valence-corrected chi connectivity index (χ1v) is 13.3. The molecule has 6 atom stereocenters. The molecule has 3 aromatic rings. The monoisotopic (exact) mass is 483 g/mol. The molecule has 2 saturated carbocycles. The van der Waals surface area contributed by atoms with Crippen LogP contribution in [0.2, 0.25) is 0 Å². The molecule has 1 N–H and O–H groups in total. The minimum Gasteiger partial charge on any atom is -0.493 e. The molecule has 3 aliphatic carbocycles. The van der Waals surface area contributed by atoms with E-state index in [4.69, 9.17) is 9.47 Å². The van der Waals surface area contributed by atoms with E-state index >= 15 is 0 Å². The van der Waals surface area contributed by atoms with Gasteiger partial charge in [-0.25, -0.2) is 0 Å². The first kappa shape index (κ1) is 23.6. The molecule has 2 fully saturated rings. The van der Waals surface area contributed by atoms with Gasteiger partial charge in [-0.3, -0.25) is 4.90 Å². The molecule has 0 heterocycles. The molecule has 36 heavy (non-hydrogen) atoms. The highest BCUT2D eigenvalue weighted by Gasteiger charge is 2.69. The SMILES string of the molecule is COc1cc2c(cc1OC)[C@]1(CC[C@H]3[C@H](CN(Cc4ccccc4)[C@H](C)c4ccccc4)[C@H]31)[C@H](O)C2. The molecule has 0 amide bonds. The summed E-state index contributed by atoms with van der Waals surface area (Å²) in [6.07, 6.45) is 2.63. The molecular weight excluding hydrogens is 446 g/mol. The van der Waals surface area contributed by atoms with E-state index in [0.717, 1.165) is 31.0 Å². The normalized spacial score (nSPS) is 28.7. The van der Waals surface area contributed by atoms with Crippen LogP contribution in [0.25, 0.3) is 0 Å². The van der Waals surface area contributed by atoms with Gasteiger partial charge in [-0.05, 0) is 78.3 Å². The zero-order valence-corrected chi connectivity index (χ0v) is 21.6. The molecule has 3 aliphatic rings. The molecule has 1 spiro atoms. The van der Waals surface area contributed by atoms with Crippen molar-refractivity contribution in [1.82, 2.24) is 4.90 Å². The number of hydrogen-bond acceptors (Lipinski definition) is 4. The Labute approximate surface area is 214 Å². The first-order chi connectivity index (χ1) is 17.6. The number of fused-ring (bicyclic) bond motifs is 4. The molecule has 6 rings (SSSR count). The summed E-state index contributed by atoms with van der Waals surface area (Å²) in [6.45, 7) is 4.32. The topological polar surface area (TPSA) is 41.9 Å². The lowest BCUT2D eigenvalue weighted by atomic mass is 9.74. The molecule has 0 bridgehead atoms. The number of nitrogens with zero attached hydrogens (tertiary/aromatic N) is 1. The molecule has 3 aromatic carbocycles. The number of rotatable bonds is 8. The van der Waals surface area contributed by atoms with E-state index in [1.165, 1.54) is 28.7 Å². The van der Waals surface area contributed by atoms with Gasteiger partial charge in [-0.1, -0.05) is 60.7 Å². The van der Waals surface area contributed by atoms with Gasteiger partial charge in [0, 0.05) is 24.5 Å². The van der Waals surface area contributed by atoms with Crippen LogP contribution in [0.1, 0.15) is 48.1 Å². The Kier molecular flexibility index (Phi) is 6.05. The molecule has 4 nitrogen and oxygen atoms in total. The average molecular weight is 484 g/mol. The lowest BCUT2D eigenvalue weighted by Gasteiger charge is -2.35. The van der Waals surface area contributed by atoms with Crippen LogP contribution < -0.4 is 9.47 Å². The third-order valence-corrected chi connectivity index (χ3v) is 9.44. The Balaban J connectivity index is 1.29. The average Bonchev–Trinajstić information content (AvgIpc) is 3.33. The van der Waals surface area contributed by atoms with Gasteiger partial charge in [-0.2, -0.15) is 0 Å². The van der Waals surface area contributed by atoms with Crippen molar-refractivity contribution in [1.29, 1.82) is 0 Å². The van der Waals surface area contributed by atoms with Crippen molar-refractivity contribution in [2.75, 3.05) is 20.8 Å². The standard InChI is InChI=1S/C32H37NO3/c1-21(23-12-8-5-9-13-23)33(19-22-10-6-4-7-11-22)20-26-25-14-15-32(31(25)26)27-18-29(36-3)28(35-2)16-24(27)17-30(32)34/h4-13,16,18,21,25-26,30-31,34H,14-15,17,19-20H2,1-3H3/t21-,25+,26+,30-,31+,32-/m1/s1. The maximum Gasteiger partial charge on any atom is 0.161 e. The van der Waals surface area contributed by atoms with Crippen molar-refractivity contribution in [2.45, 2.75) is 50.3 Å². The molecule has 0 radical (unpaired) electrons. The molecule has 0 aliphatic heterocycles. The Morgan fingerprint density at radius 2 is 1.64 bits per heavy atom. The van der Waals surface area contributed by atoms with Crippen molar-refractivity contribution in [3.8, 4) is 11.5 Å². The largest absolute Gasteiger partial charge is 0.493 e. The lowest BCUT2D eigenvalue weighted by molar-refractivity contribution is 0.0748. The number of hydrogen-bond donors (Lipinski definition) is 1. The minimum absolute atomic E-state index is 0.154. The fourth-order valence-corrected chi connectivity index (χ4v) is 7.61. The van der Waals surface area contributed by atoms with E-state index in [-0.39, 0.29) is 11.5 Å². The maximum atomic E-state index is 11.5. The van der Waals surface area contributed by atoms with Gasteiger partial charge in [-0.15, -0.1) is 0 Å². The zero-order valence-electron chi connectivity index (χ0n) is 21.6. The van der Waals surface area contributed by atoms with Gasteiger partial charge in [0.15, 0.2) is 11.5 Å². The molecule has 4 heteroatoms. The van der Waals surface area contributed by atoms with Crippen LogP contribution in [0.5, 0.6) is 11.5 Å². The first-order valence-electron chi connectivity index (χ1n) is 13.3. The molecule has 188 valence electrons. The smallest absolute Gasteiger partial charge is 0.161 e. The minimum atomic E-state index is -0.335. The summed E-state index contributed by atoms with van der Waals surface area (Å²) in [7, 11) is 3.38. The third kappa shape index (κ3) is 3.74. The number of aliphatic hydroxyl groups is 1. The fourth-order valence-electron chi connectivity index (χ4n) is 7.61. The van der Waals surface area contributed by atoms with Crippen molar-refractivity contribution in [3.63, 3.8) is 0 Å². The van der Waals surface area contributed by atoms with E-state index < -0.39 is 0 Å². The van der Waals surface area contributed by atoms with E-state index in [9.17, 15) is 5.11 Å². The number of methoxy groups -OCH3 is 2. The number of ether oxygens (including phenoxy) is 2. The third-order valence-electron chi connectivity index (χ3n) is 9.44. The number of benzene rings is 3. The predicted molar refractivity (Wildman–Crippen MR) is 142 cm³/mol. The van der Waals surface area contributed by atoms with Crippen LogP contribution >= 0.6 is 0 Å². The summed E-state index contributed by atoms with van der Waals surface area (Å²) in [5, 5.41) is 11.5. The van der Waals surface area contributed by atoms with Gasteiger partial charge < -0.3 is 14.6 Å². The Morgan fingerprint density at radius 1 is 0.972 bits per heavy atom. The maximum absolute atomic E-state index is 11.5. The Morgan fingerprint density at radius 3 is 2.33 bits per heavy atom. The summed E-state index contributed by atoms with van der Waals surface area (Å²) in [5.41, 5.74) is 5.08. The van der Waals surface area contributed by atoms with Crippen LogP contribution in [0, 0.1) is 17.8 Å². The van der Waals surface area contributed by atoms with Gasteiger partial charge >= 0.3 is 0 Å².